The zero-order valence-corrected chi connectivity index (χ0v) is 18.6. The lowest BCUT2D eigenvalue weighted by molar-refractivity contribution is -0.116. The highest BCUT2D eigenvalue weighted by Crippen LogP contribution is 2.35. The average Bonchev–Trinajstić information content (AvgIpc) is 3.33. The molecule has 1 aromatic heterocycles. The van der Waals surface area contributed by atoms with Crippen molar-refractivity contribution in [2.45, 2.75) is 64.2 Å². The van der Waals surface area contributed by atoms with Crippen LogP contribution >= 0.6 is 0 Å². The maximum absolute atomic E-state index is 12.8. The number of hydrogen-bond donors (Lipinski definition) is 1. The van der Waals surface area contributed by atoms with Gasteiger partial charge in [-0.05, 0) is 49.1 Å². The monoisotopic (exact) mass is 425 g/mol. The first kappa shape index (κ1) is 20.9. The van der Waals surface area contributed by atoms with Gasteiger partial charge in [-0.3, -0.25) is 4.79 Å². The topological polar surface area (TPSA) is 54.9 Å². The van der Waals surface area contributed by atoms with Gasteiger partial charge in [0.05, 0.1) is 17.1 Å². The fourth-order valence-corrected chi connectivity index (χ4v) is 5.14. The van der Waals surface area contributed by atoms with Crippen LogP contribution in [0.2, 0.25) is 0 Å². The molecule has 1 N–H and O–H groups in total. The number of nitrogens with zero attached hydrogens (tertiary/aromatic N) is 2. The van der Waals surface area contributed by atoms with E-state index in [0.29, 0.717) is 18.2 Å². The lowest BCUT2D eigenvalue weighted by Crippen LogP contribution is -2.19. The van der Waals surface area contributed by atoms with Gasteiger partial charge >= 0.3 is 0 Å². The van der Waals surface area contributed by atoms with Crippen LogP contribution in [-0.4, -0.2) is 15.9 Å². The minimum absolute atomic E-state index is 0.0408. The molecule has 0 spiro atoms. The Morgan fingerprint density at radius 2 is 1.72 bits per heavy atom. The molecule has 0 atom stereocenters. The summed E-state index contributed by atoms with van der Waals surface area (Å²) in [5.41, 5.74) is 6.81. The van der Waals surface area contributed by atoms with Crippen LogP contribution in [0.4, 0.5) is 5.82 Å². The van der Waals surface area contributed by atoms with Crippen LogP contribution < -0.4 is 5.32 Å². The van der Waals surface area contributed by atoms with E-state index in [1.54, 1.807) is 0 Å². The Labute approximate surface area is 190 Å². The Morgan fingerprint density at radius 1 is 0.938 bits per heavy atom. The molecule has 2 aliphatic carbocycles. The van der Waals surface area contributed by atoms with Gasteiger partial charge in [-0.1, -0.05) is 80.3 Å². The molecule has 1 heterocycles. The van der Waals surface area contributed by atoms with Crippen molar-refractivity contribution < 1.29 is 4.79 Å². The van der Waals surface area contributed by atoms with Gasteiger partial charge in [-0.2, -0.15) is 0 Å². The third-order valence-electron chi connectivity index (χ3n) is 6.87. The van der Waals surface area contributed by atoms with E-state index in [4.69, 9.17) is 9.97 Å². The van der Waals surface area contributed by atoms with E-state index in [9.17, 15) is 4.79 Å². The van der Waals surface area contributed by atoms with Gasteiger partial charge in [-0.15, -0.1) is 0 Å². The third-order valence-corrected chi connectivity index (χ3v) is 6.87. The van der Waals surface area contributed by atoms with E-state index in [0.717, 1.165) is 49.2 Å². The van der Waals surface area contributed by atoms with Gasteiger partial charge in [0.1, 0.15) is 0 Å². The van der Waals surface area contributed by atoms with Crippen molar-refractivity contribution in [2.24, 2.45) is 5.92 Å². The quantitative estimate of drug-likeness (QED) is 0.510. The number of aromatic nitrogens is 2. The molecule has 32 heavy (non-hydrogen) atoms. The van der Waals surface area contributed by atoms with Gasteiger partial charge in [0.25, 0.3) is 0 Å². The standard InChI is InChI=1S/C28H31N3O/c32-26(16-8-13-20-9-2-1-3-10-20)31-28-25(19-21-11-4-5-12-21)29-27-23-15-7-6-14-22(23)17-18-24(27)30-28/h1-3,6-7,9-10,14-15,21H,4-5,8,11-13,16-19H2,(H,30,31,32). The van der Waals surface area contributed by atoms with Crippen LogP contribution in [0.5, 0.6) is 0 Å². The Morgan fingerprint density at radius 3 is 2.56 bits per heavy atom. The van der Waals surface area contributed by atoms with E-state index < -0.39 is 0 Å². The van der Waals surface area contributed by atoms with E-state index in [-0.39, 0.29) is 5.91 Å². The molecule has 1 fully saturated rings. The SMILES string of the molecule is O=C(CCCc1ccccc1)Nc1nc2c(nc1CC1CCCC1)-c1ccccc1CC2. The van der Waals surface area contributed by atoms with Crippen LogP contribution in [0, 0.1) is 5.92 Å². The first-order chi connectivity index (χ1) is 15.8. The number of hydrogen-bond acceptors (Lipinski definition) is 3. The molecule has 4 nitrogen and oxygen atoms in total. The molecule has 2 aromatic carbocycles. The number of nitrogens with one attached hydrogen (secondary N) is 1. The summed E-state index contributed by atoms with van der Waals surface area (Å²) in [6.45, 7) is 0. The minimum atomic E-state index is 0.0408. The smallest absolute Gasteiger partial charge is 0.225 e. The molecule has 0 unspecified atom stereocenters. The molecule has 0 radical (unpaired) electrons. The van der Waals surface area contributed by atoms with Crippen molar-refractivity contribution in [3.05, 3.63) is 77.1 Å². The van der Waals surface area contributed by atoms with Crippen LogP contribution in [0.3, 0.4) is 0 Å². The lowest BCUT2D eigenvalue weighted by atomic mass is 9.91. The van der Waals surface area contributed by atoms with E-state index in [1.165, 1.54) is 42.4 Å². The van der Waals surface area contributed by atoms with Crippen molar-refractivity contribution in [1.82, 2.24) is 9.97 Å². The largest absolute Gasteiger partial charge is 0.309 e. The first-order valence-corrected chi connectivity index (χ1v) is 12.1. The lowest BCUT2D eigenvalue weighted by Gasteiger charge is -2.21. The fourth-order valence-electron chi connectivity index (χ4n) is 5.14. The predicted molar refractivity (Wildman–Crippen MR) is 129 cm³/mol. The highest BCUT2D eigenvalue weighted by molar-refractivity contribution is 5.90. The minimum Gasteiger partial charge on any atom is -0.309 e. The van der Waals surface area contributed by atoms with Crippen molar-refractivity contribution in [3.63, 3.8) is 0 Å². The molecule has 0 bridgehead atoms. The van der Waals surface area contributed by atoms with Gasteiger partial charge in [-0.25, -0.2) is 9.97 Å². The second-order valence-corrected chi connectivity index (χ2v) is 9.21. The number of benzene rings is 2. The van der Waals surface area contributed by atoms with Crippen molar-refractivity contribution in [2.75, 3.05) is 5.32 Å². The maximum Gasteiger partial charge on any atom is 0.225 e. The molecular weight excluding hydrogens is 394 g/mol. The number of carbonyl (C=O) groups is 1. The second-order valence-electron chi connectivity index (χ2n) is 9.21. The Kier molecular flexibility index (Phi) is 6.29. The maximum atomic E-state index is 12.8. The molecular formula is C28H31N3O. The number of aryl methyl sites for hydroxylation is 3. The van der Waals surface area contributed by atoms with Crippen molar-refractivity contribution >= 4 is 11.7 Å². The van der Waals surface area contributed by atoms with Gasteiger partial charge < -0.3 is 5.32 Å². The summed E-state index contributed by atoms with van der Waals surface area (Å²) in [7, 11) is 0. The third kappa shape index (κ3) is 4.74. The van der Waals surface area contributed by atoms with E-state index in [1.807, 2.05) is 18.2 Å². The summed E-state index contributed by atoms with van der Waals surface area (Å²) in [6.07, 6.45) is 10.1. The number of fused-ring (bicyclic) bond motifs is 3. The summed E-state index contributed by atoms with van der Waals surface area (Å²) in [4.78, 5) is 22.9. The first-order valence-electron chi connectivity index (χ1n) is 12.1. The normalized spacial score (nSPS) is 15.2. The molecule has 2 aliphatic rings. The average molecular weight is 426 g/mol. The van der Waals surface area contributed by atoms with Gasteiger partial charge in [0, 0.05) is 12.0 Å². The van der Waals surface area contributed by atoms with Crippen LogP contribution in [-0.2, 0) is 30.5 Å². The van der Waals surface area contributed by atoms with Crippen molar-refractivity contribution in [3.8, 4) is 11.3 Å². The Hall–Kier alpha value is -3.01. The molecule has 5 rings (SSSR count). The molecule has 3 aromatic rings. The number of anilines is 1. The molecule has 164 valence electrons. The molecule has 1 amide bonds. The number of carbonyl (C=O) groups excluding carboxylic acids is 1. The summed E-state index contributed by atoms with van der Waals surface area (Å²) >= 11 is 0. The summed E-state index contributed by atoms with van der Waals surface area (Å²) in [6, 6.07) is 18.9. The molecule has 1 saturated carbocycles. The molecule has 0 saturated heterocycles. The zero-order valence-electron chi connectivity index (χ0n) is 18.6. The van der Waals surface area contributed by atoms with Crippen LogP contribution in [0.1, 0.15) is 61.0 Å². The Bertz CT molecular complexity index is 1090. The van der Waals surface area contributed by atoms with Gasteiger partial charge in [0.15, 0.2) is 5.82 Å². The predicted octanol–water partition coefficient (Wildman–Crippen LogP) is 5.94. The highest BCUT2D eigenvalue weighted by atomic mass is 16.1. The fraction of sp³-hybridized carbons (Fsp3) is 0.393. The number of amides is 1. The van der Waals surface area contributed by atoms with Gasteiger partial charge in [0.2, 0.25) is 5.91 Å². The molecule has 4 heteroatoms. The number of rotatable bonds is 7. The van der Waals surface area contributed by atoms with Crippen molar-refractivity contribution in [1.29, 1.82) is 0 Å². The van der Waals surface area contributed by atoms with Crippen LogP contribution in [0.15, 0.2) is 54.6 Å². The summed E-state index contributed by atoms with van der Waals surface area (Å²) < 4.78 is 0. The summed E-state index contributed by atoms with van der Waals surface area (Å²) in [5.74, 6) is 1.38. The second kappa shape index (κ2) is 9.64. The van der Waals surface area contributed by atoms with E-state index in [2.05, 4.69) is 41.7 Å². The Balaban J connectivity index is 1.35. The summed E-state index contributed by atoms with van der Waals surface area (Å²) in [5, 5.41) is 3.13. The highest BCUT2D eigenvalue weighted by Gasteiger charge is 2.24. The zero-order chi connectivity index (χ0) is 21.8. The molecule has 0 aliphatic heterocycles. The van der Waals surface area contributed by atoms with E-state index >= 15 is 0 Å². The van der Waals surface area contributed by atoms with Crippen LogP contribution in [0.25, 0.3) is 11.3 Å².